The van der Waals surface area contributed by atoms with E-state index >= 15 is 0 Å². The standard InChI is InChI=1S/C22H20N4O3/c1-14-8-10-15(11-9-14)18(27)17-7-5-4-6-16(17)12-22-19(23-13-24-22)20(28)25(2)21(29)26(22)3/h4-11,13H,12H2,1-3H3. The van der Waals surface area contributed by atoms with Gasteiger partial charge in [0.1, 0.15) is 6.34 Å². The van der Waals surface area contributed by atoms with E-state index in [1.54, 1.807) is 31.3 Å². The molecule has 7 nitrogen and oxygen atoms in total. The lowest BCUT2D eigenvalue weighted by Crippen LogP contribution is -2.66. The molecule has 1 unspecified atom stereocenters. The molecule has 2 aromatic rings. The smallest absolute Gasteiger partial charge is 0.297 e. The molecule has 2 aromatic carbocycles. The van der Waals surface area contributed by atoms with Crippen molar-refractivity contribution in [2.45, 2.75) is 19.0 Å². The molecule has 1 fully saturated rings. The molecule has 1 atom stereocenters. The summed E-state index contributed by atoms with van der Waals surface area (Å²) < 4.78 is 0. The van der Waals surface area contributed by atoms with Gasteiger partial charge in [0.15, 0.2) is 17.2 Å². The van der Waals surface area contributed by atoms with E-state index < -0.39 is 17.6 Å². The lowest BCUT2D eigenvalue weighted by atomic mass is 9.87. The van der Waals surface area contributed by atoms with E-state index in [0.717, 1.165) is 10.5 Å². The Bertz CT molecular complexity index is 1090. The van der Waals surface area contributed by atoms with Crippen molar-refractivity contribution in [3.63, 3.8) is 0 Å². The molecule has 2 heterocycles. The third kappa shape index (κ3) is 2.86. The van der Waals surface area contributed by atoms with E-state index in [-0.39, 0.29) is 17.9 Å². The van der Waals surface area contributed by atoms with Crippen LogP contribution < -0.4 is 0 Å². The zero-order valence-electron chi connectivity index (χ0n) is 16.4. The van der Waals surface area contributed by atoms with Gasteiger partial charge in [0.05, 0.1) is 0 Å². The lowest BCUT2D eigenvalue weighted by Gasteiger charge is -2.43. The van der Waals surface area contributed by atoms with Gasteiger partial charge in [0, 0.05) is 31.6 Å². The maximum atomic E-state index is 13.1. The molecular weight excluding hydrogens is 368 g/mol. The van der Waals surface area contributed by atoms with Gasteiger partial charge in [-0.3, -0.25) is 19.4 Å². The summed E-state index contributed by atoms with van der Waals surface area (Å²) in [6, 6.07) is 14.1. The van der Waals surface area contributed by atoms with Gasteiger partial charge >= 0.3 is 6.03 Å². The Hall–Kier alpha value is -3.61. The molecule has 146 valence electrons. The van der Waals surface area contributed by atoms with Crippen molar-refractivity contribution in [2.75, 3.05) is 14.1 Å². The van der Waals surface area contributed by atoms with Crippen LogP contribution in [0.2, 0.25) is 0 Å². The Morgan fingerprint density at radius 3 is 2.45 bits per heavy atom. The maximum absolute atomic E-state index is 13.1. The normalized spacial score (nSPS) is 20.7. The number of hydrogen-bond donors (Lipinski definition) is 0. The summed E-state index contributed by atoms with van der Waals surface area (Å²) in [5, 5.41) is 0. The van der Waals surface area contributed by atoms with Crippen LogP contribution in [0.3, 0.4) is 0 Å². The molecular formula is C22H20N4O3. The van der Waals surface area contributed by atoms with Crippen LogP contribution in [0.25, 0.3) is 0 Å². The van der Waals surface area contributed by atoms with Crippen LogP contribution in [0.1, 0.15) is 27.0 Å². The summed E-state index contributed by atoms with van der Waals surface area (Å²) in [6.07, 6.45) is 1.48. The molecule has 0 aromatic heterocycles. The van der Waals surface area contributed by atoms with Gasteiger partial charge in [0.2, 0.25) is 0 Å². The second-order valence-electron chi connectivity index (χ2n) is 7.27. The number of hydrogen-bond acceptors (Lipinski definition) is 5. The number of carbonyl (C=O) groups is 3. The summed E-state index contributed by atoms with van der Waals surface area (Å²) in [4.78, 5) is 49.3. The van der Waals surface area contributed by atoms with Crippen LogP contribution in [-0.2, 0) is 11.2 Å². The quantitative estimate of drug-likeness (QED) is 0.755. The molecule has 0 aliphatic carbocycles. The van der Waals surface area contributed by atoms with Crippen LogP contribution in [0.4, 0.5) is 4.79 Å². The van der Waals surface area contributed by atoms with Gasteiger partial charge in [-0.15, -0.1) is 0 Å². The minimum Gasteiger partial charge on any atom is -0.297 e. The number of nitrogens with zero attached hydrogens (tertiary/aromatic N) is 4. The highest BCUT2D eigenvalue weighted by Crippen LogP contribution is 2.33. The van der Waals surface area contributed by atoms with Gasteiger partial charge < -0.3 is 0 Å². The number of rotatable bonds is 4. The summed E-state index contributed by atoms with van der Waals surface area (Å²) in [6.45, 7) is 1.96. The first-order valence-corrected chi connectivity index (χ1v) is 9.22. The monoisotopic (exact) mass is 388 g/mol. The molecule has 2 aliphatic rings. The van der Waals surface area contributed by atoms with Crippen molar-refractivity contribution in [3.05, 3.63) is 70.8 Å². The van der Waals surface area contributed by atoms with E-state index in [1.165, 1.54) is 18.3 Å². The molecule has 0 N–H and O–H groups in total. The third-order valence-electron chi connectivity index (χ3n) is 5.49. The molecule has 1 saturated heterocycles. The molecule has 2 aliphatic heterocycles. The highest BCUT2D eigenvalue weighted by Gasteiger charge is 2.54. The first-order chi connectivity index (χ1) is 13.8. The van der Waals surface area contributed by atoms with Gasteiger partial charge in [-0.05, 0) is 12.5 Å². The fourth-order valence-electron chi connectivity index (χ4n) is 3.72. The summed E-state index contributed by atoms with van der Waals surface area (Å²) >= 11 is 0. The molecule has 0 spiro atoms. The molecule has 3 amide bonds. The number of benzene rings is 2. The second kappa shape index (κ2) is 6.77. The van der Waals surface area contributed by atoms with E-state index in [0.29, 0.717) is 16.7 Å². The number of urea groups is 1. The second-order valence-corrected chi connectivity index (χ2v) is 7.27. The van der Waals surface area contributed by atoms with Crippen molar-refractivity contribution < 1.29 is 14.4 Å². The first kappa shape index (κ1) is 18.7. The topological polar surface area (TPSA) is 82.4 Å². The predicted octanol–water partition coefficient (Wildman–Crippen LogP) is 2.47. The number of aliphatic imine (C=N–C) groups is 2. The predicted molar refractivity (Wildman–Crippen MR) is 109 cm³/mol. The van der Waals surface area contributed by atoms with Crippen LogP contribution in [0, 0.1) is 6.92 Å². The van der Waals surface area contributed by atoms with Crippen LogP contribution in [-0.4, -0.2) is 59.3 Å². The SMILES string of the molecule is Cc1ccc(C(=O)c2ccccc2CC23N=CN=C2C(=O)N(C)C(=O)N3C)cc1. The molecule has 29 heavy (non-hydrogen) atoms. The van der Waals surface area contributed by atoms with Crippen molar-refractivity contribution in [1.29, 1.82) is 0 Å². The highest BCUT2D eigenvalue weighted by molar-refractivity contribution is 6.48. The van der Waals surface area contributed by atoms with Crippen molar-refractivity contribution in [1.82, 2.24) is 9.80 Å². The van der Waals surface area contributed by atoms with Gasteiger partial charge in [-0.1, -0.05) is 54.1 Å². The molecule has 4 rings (SSSR count). The van der Waals surface area contributed by atoms with Gasteiger partial charge in [-0.2, -0.15) is 0 Å². The Balaban J connectivity index is 1.76. The number of ketones is 1. The number of aryl methyl sites for hydroxylation is 1. The first-order valence-electron chi connectivity index (χ1n) is 9.22. The molecule has 0 bridgehead atoms. The average molecular weight is 388 g/mol. The summed E-state index contributed by atoms with van der Waals surface area (Å²) in [7, 11) is 3.01. The zero-order chi connectivity index (χ0) is 20.8. The largest absolute Gasteiger partial charge is 0.328 e. The van der Waals surface area contributed by atoms with Crippen LogP contribution >= 0.6 is 0 Å². The number of carbonyl (C=O) groups excluding carboxylic acids is 3. The Morgan fingerprint density at radius 2 is 1.72 bits per heavy atom. The van der Waals surface area contributed by atoms with Gasteiger partial charge in [0.25, 0.3) is 5.91 Å². The van der Waals surface area contributed by atoms with Gasteiger partial charge in [-0.25, -0.2) is 14.8 Å². The van der Waals surface area contributed by atoms with Crippen molar-refractivity contribution >= 4 is 29.8 Å². The molecule has 0 saturated carbocycles. The van der Waals surface area contributed by atoms with E-state index in [4.69, 9.17) is 0 Å². The fraction of sp³-hybridized carbons (Fsp3) is 0.227. The highest BCUT2D eigenvalue weighted by atomic mass is 16.2. The molecule has 7 heteroatoms. The Kier molecular flexibility index (Phi) is 4.38. The zero-order valence-corrected chi connectivity index (χ0v) is 16.4. The van der Waals surface area contributed by atoms with Crippen molar-refractivity contribution in [2.24, 2.45) is 9.98 Å². The maximum Gasteiger partial charge on any atom is 0.328 e. The van der Waals surface area contributed by atoms with E-state index in [9.17, 15) is 14.4 Å². The van der Waals surface area contributed by atoms with E-state index in [2.05, 4.69) is 9.98 Å². The number of fused-ring (bicyclic) bond motifs is 1. The van der Waals surface area contributed by atoms with Crippen LogP contribution in [0.5, 0.6) is 0 Å². The van der Waals surface area contributed by atoms with Crippen molar-refractivity contribution in [3.8, 4) is 0 Å². The fourth-order valence-corrected chi connectivity index (χ4v) is 3.72. The average Bonchev–Trinajstić information content (AvgIpc) is 3.16. The van der Waals surface area contributed by atoms with Crippen LogP contribution in [0.15, 0.2) is 58.5 Å². The minimum absolute atomic E-state index is 0.120. The Morgan fingerprint density at radius 1 is 1.03 bits per heavy atom. The lowest BCUT2D eigenvalue weighted by molar-refractivity contribution is -0.122. The Labute approximate surface area is 168 Å². The summed E-state index contributed by atoms with van der Waals surface area (Å²) in [5.74, 6) is -0.598. The van der Waals surface area contributed by atoms with E-state index in [1.807, 2.05) is 31.2 Å². The minimum atomic E-state index is -1.25. The molecule has 0 radical (unpaired) electrons. The number of likely N-dealkylation sites (N-methyl/N-ethyl adjacent to an activating group) is 1. The number of amides is 3. The third-order valence-corrected chi connectivity index (χ3v) is 5.49. The summed E-state index contributed by atoms with van der Waals surface area (Å²) in [5.41, 5.74) is 1.79. The number of imide groups is 1.